The van der Waals surface area contributed by atoms with Crippen molar-refractivity contribution in [2.24, 2.45) is 11.8 Å². The molecular formula is C29H41FN4O10. The second kappa shape index (κ2) is 18.9. The van der Waals surface area contributed by atoms with Gasteiger partial charge in [0.15, 0.2) is 5.78 Å². The first kappa shape index (κ1) is 37.5. The molecule has 0 spiro atoms. The van der Waals surface area contributed by atoms with Gasteiger partial charge in [0, 0.05) is 6.42 Å². The maximum absolute atomic E-state index is 13.3. The van der Waals surface area contributed by atoms with Crippen LogP contribution in [-0.4, -0.2) is 82.6 Å². The lowest BCUT2D eigenvalue weighted by Crippen LogP contribution is -2.59. The Morgan fingerprint density at radius 1 is 0.795 bits per heavy atom. The van der Waals surface area contributed by atoms with Crippen LogP contribution >= 0.6 is 0 Å². The third-order valence-electron chi connectivity index (χ3n) is 6.72. The van der Waals surface area contributed by atoms with Crippen LogP contribution in [0.5, 0.6) is 0 Å². The van der Waals surface area contributed by atoms with Gasteiger partial charge in [-0.05, 0) is 23.8 Å². The van der Waals surface area contributed by atoms with Crippen molar-refractivity contribution in [2.45, 2.75) is 84.2 Å². The molecule has 14 nitrogen and oxygen atoms in total. The molecule has 0 heterocycles. The smallest absolute Gasteiger partial charge is 0.408 e. The average Bonchev–Trinajstić information content (AvgIpc) is 2.98. The molecule has 244 valence electrons. The Labute approximate surface area is 254 Å². The van der Waals surface area contributed by atoms with E-state index in [1.807, 2.05) is 0 Å². The second-order valence-corrected chi connectivity index (χ2v) is 10.6. The molecular weight excluding hydrogens is 583 g/mol. The number of amides is 4. The fraction of sp³-hybridized carbons (Fsp3) is 0.552. The summed E-state index contributed by atoms with van der Waals surface area (Å²) in [7, 11) is 0. The van der Waals surface area contributed by atoms with Gasteiger partial charge in [-0.3, -0.25) is 28.8 Å². The molecule has 0 saturated carbocycles. The first-order chi connectivity index (χ1) is 20.7. The summed E-state index contributed by atoms with van der Waals surface area (Å²) in [5.74, 6) is -7.69. The highest BCUT2D eigenvalue weighted by Gasteiger charge is 2.34. The molecule has 1 aromatic rings. The number of carbonyl (C=O) groups excluding carboxylic acids is 5. The number of hydrogen-bond acceptors (Lipinski definition) is 8. The number of rotatable bonds is 19. The summed E-state index contributed by atoms with van der Waals surface area (Å²) in [5, 5.41) is 27.7. The molecule has 0 aliphatic heterocycles. The summed E-state index contributed by atoms with van der Waals surface area (Å²) >= 11 is 0. The molecule has 0 aliphatic carbocycles. The highest BCUT2D eigenvalue weighted by atomic mass is 19.1. The Morgan fingerprint density at radius 3 is 1.91 bits per heavy atom. The van der Waals surface area contributed by atoms with Crippen molar-refractivity contribution in [3.63, 3.8) is 0 Å². The van der Waals surface area contributed by atoms with Gasteiger partial charge < -0.3 is 36.2 Å². The van der Waals surface area contributed by atoms with E-state index in [0.29, 0.717) is 12.0 Å². The van der Waals surface area contributed by atoms with Crippen molar-refractivity contribution in [3.8, 4) is 0 Å². The molecule has 0 fully saturated rings. The minimum atomic E-state index is -1.68. The van der Waals surface area contributed by atoms with Crippen molar-refractivity contribution in [2.75, 3.05) is 6.67 Å². The van der Waals surface area contributed by atoms with Gasteiger partial charge >= 0.3 is 18.0 Å². The van der Waals surface area contributed by atoms with E-state index in [0.717, 1.165) is 0 Å². The topological polar surface area (TPSA) is 217 Å². The molecule has 0 saturated heterocycles. The fourth-order valence-electron chi connectivity index (χ4n) is 3.96. The van der Waals surface area contributed by atoms with E-state index in [1.165, 1.54) is 0 Å². The van der Waals surface area contributed by atoms with E-state index in [9.17, 15) is 43.1 Å². The number of aliphatic carboxylic acids is 2. The Balaban J connectivity index is 3.10. The van der Waals surface area contributed by atoms with Gasteiger partial charge in [-0.25, -0.2) is 9.18 Å². The van der Waals surface area contributed by atoms with Crippen LogP contribution in [0.3, 0.4) is 0 Å². The highest BCUT2D eigenvalue weighted by molar-refractivity contribution is 5.97. The van der Waals surface area contributed by atoms with Gasteiger partial charge in [-0.15, -0.1) is 0 Å². The van der Waals surface area contributed by atoms with Gasteiger partial charge in [0.25, 0.3) is 0 Å². The number of benzene rings is 1. The molecule has 44 heavy (non-hydrogen) atoms. The van der Waals surface area contributed by atoms with Crippen LogP contribution in [0.2, 0.25) is 0 Å². The summed E-state index contributed by atoms with van der Waals surface area (Å²) in [6.45, 7) is 4.95. The van der Waals surface area contributed by atoms with E-state index >= 15 is 0 Å². The average molecular weight is 625 g/mol. The number of ether oxygens (including phenoxy) is 1. The van der Waals surface area contributed by atoms with Gasteiger partial charge in [-0.2, -0.15) is 0 Å². The van der Waals surface area contributed by atoms with Gasteiger partial charge in [-0.1, -0.05) is 64.4 Å². The molecule has 5 atom stereocenters. The lowest BCUT2D eigenvalue weighted by atomic mass is 9.96. The molecule has 1 rings (SSSR count). The summed E-state index contributed by atoms with van der Waals surface area (Å²) in [6.07, 6.45) is -2.38. The molecule has 0 unspecified atom stereocenters. The number of ketones is 1. The predicted molar refractivity (Wildman–Crippen MR) is 154 cm³/mol. The number of carbonyl (C=O) groups is 7. The Kier molecular flexibility index (Phi) is 16.1. The maximum atomic E-state index is 13.3. The number of hydrogen-bond donors (Lipinski definition) is 6. The van der Waals surface area contributed by atoms with Crippen LogP contribution in [0.25, 0.3) is 0 Å². The molecule has 6 N–H and O–H groups in total. The van der Waals surface area contributed by atoms with Crippen molar-refractivity contribution in [1.29, 1.82) is 0 Å². The van der Waals surface area contributed by atoms with Gasteiger partial charge in [0.2, 0.25) is 17.7 Å². The molecule has 0 aromatic heterocycles. The van der Waals surface area contributed by atoms with Crippen LogP contribution < -0.4 is 21.3 Å². The lowest BCUT2D eigenvalue weighted by Gasteiger charge is -2.29. The molecule has 0 radical (unpaired) electrons. The fourth-order valence-corrected chi connectivity index (χ4v) is 3.96. The zero-order valence-electron chi connectivity index (χ0n) is 25.1. The summed E-state index contributed by atoms with van der Waals surface area (Å²) in [5.41, 5.74) is 0.710. The van der Waals surface area contributed by atoms with Gasteiger partial charge in [0.05, 0.1) is 6.42 Å². The van der Waals surface area contributed by atoms with E-state index in [2.05, 4.69) is 21.3 Å². The Hall–Kier alpha value is -4.56. The number of alkyl halides is 1. The second-order valence-electron chi connectivity index (χ2n) is 10.6. The van der Waals surface area contributed by atoms with E-state index < -0.39 is 97.1 Å². The van der Waals surface area contributed by atoms with Crippen LogP contribution in [-0.2, 0) is 40.1 Å². The number of carboxylic acid groups (broad SMARTS) is 2. The Bertz CT molecular complexity index is 1160. The van der Waals surface area contributed by atoms with Crippen LogP contribution in [0.15, 0.2) is 30.3 Å². The monoisotopic (exact) mass is 624 g/mol. The van der Waals surface area contributed by atoms with Crippen molar-refractivity contribution < 1.29 is 52.9 Å². The number of nitrogens with one attached hydrogen (secondary N) is 4. The molecule has 15 heteroatoms. The molecule has 0 bridgehead atoms. The van der Waals surface area contributed by atoms with Crippen molar-refractivity contribution >= 4 is 41.5 Å². The summed E-state index contributed by atoms with van der Waals surface area (Å²) in [4.78, 5) is 86.3. The van der Waals surface area contributed by atoms with Crippen LogP contribution in [0.1, 0.15) is 58.9 Å². The Morgan fingerprint density at radius 2 is 1.39 bits per heavy atom. The largest absolute Gasteiger partial charge is 0.481 e. The molecule has 0 aliphatic rings. The first-order valence-electron chi connectivity index (χ1n) is 14.1. The summed E-state index contributed by atoms with van der Waals surface area (Å²) < 4.78 is 18.2. The SMILES string of the molecule is CC[C@H](C)[C@H](NC(=O)[C@H](CCC(=O)O)NC(=O)[C@@H](NC(=O)OCc1ccccc1)C(C)C)C(=O)N[C@@H](CC(=O)O)C(=O)CF. The van der Waals surface area contributed by atoms with Crippen LogP contribution in [0, 0.1) is 11.8 Å². The third-order valence-corrected chi connectivity index (χ3v) is 6.72. The molecule has 1 aromatic carbocycles. The highest BCUT2D eigenvalue weighted by Crippen LogP contribution is 2.12. The maximum Gasteiger partial charge on any atom is 0.408 e. The number of alkyl carbamates (subject to hydrolysis) is 1. The lowest BCUT2D eigenvalue weighted by molar-refractivity contribution is -0.141. The van der Waals surface area contributed by atoms with Crippen molar-refractivity contribution in [1.82, 2.24) is 21.3 Å². The van der Waals surface area contributed by atoms with Crippen molar-refractivity contribution in [3.05, 3.63) is 35.9 Å². The van der Waals surface area contributed by atoms with Gasteiger partial charge in [0.1, 0.15) is 37.4 Å². The van der Waals surface area contributed by atoms with Crippen LogP contribution in [0.4, 0.5) is 9.18 Å². The number of Topliss-reactive ketones (excluding diaryl/α,β-unsaturated/α-hetero) is 1. The quantitative estimate of drug-likeness (QED) is 0.130. The minimum Gasteiger partial charge on any atom is -0.481 e. The number of halogens is 1. The minimum absolute atomic E-state index is 0.0634. The normalized spacial score (nSPS) is 14.2. The van der Waals surface area contributed by atoms with E-state index in [1.54, 1.807) is 58.0 Å². The molecule has 4 amide bonds. The number of carboxylic acids is 2. The van der Waals surface area contributed by atoms with E-state index in [-0.39, 0.29) is 13.0 Å². The standard InChI is InChI=1S/C29H41FN4O10/c1-5-17(4)25(28(42)32-20(13-23(38)39)21(35)14-30)33-26(40)19(11-12-22(36)37)31-27(41)24(16(2)3)34-29(43)44-15-18-9-7-6-8-10-18/h6-10,16-17,19-20,24-25H,5,11-15H2,1-4H3,(H,31,41)(H,32,42)(H,33,40)(H,34,43)(H,36,37)(H,38,39)/t17-,19-,20-,24-,25-/m0/s1. The zero-order chi connectivity index (χ0) is 33.4. The third kappa shape index (κ3) is 13.2. The zero-order valence-corrected chi connectivity index (χ0v) is 25.1. The van der Waals surface area contributed by atoms with E-state index in [4.69, 9.17) is 9.84 Å². The first-order valence-corrected chi connectivity index (χ1v) is 14.1. The summed E-state index contributed by atoms with van der Waals surface area (Å²) in [6, 6.07) is 3.10. The predicted octanol–water partition coefficient (Wildman–Crippen LogP) is 1.32.